The molecule has 4 nitrogen and oxygen atoms in total. The highest BCUT2D eigenvalue weighted by molar-refractivity contribution is 5.76. The standard InChI is InChI=1S/C21H28N2O2/c1-15(2)17-7-9-18(10-8-17)20(22)14-23-21(24)13-6-16-4-11-19(25-3)12-5-16/h4-5,7-12,15,20H,6,13-14,22H2,1-3H3,(H,23,24). The number of aryl methyl sites for hydroxylation is 1. The lowest BCUT2D eigenvalue weighted by molar-refractivity contribution is -0.121. The van der Waals surface area contributed by atoms with Crippen molar-refractivity contribution in [2.24, 2.45) is 5.73 Å². The zero-order valence-electron chi connectivity index (χ0n) is 15.3. The summed E-state index contributed by atoms with van der Waals surface area (Å²) in [6.45, 7) is 4.78. The maximum absolute atomic E-state index is 12.0. The number of amides is 1. The Morgan fingerprint density at radius 2 is 1.64 bits per heavy atom. The van der Waals surface area contributed by atoms with Gasteiger partial charge in [0.2, 0.25) is 5.91 Å². The summed E-state index contributed by atoms with van der Waals surface area (Å²) < 4.78 is 5.13. The molecule has 0 aliphatic carbocycles. The summed E-state index contributed by atoms with van der Waals surface area (Å²) in [7, 11) is 1.64. The van der Waals surface area contributed by atoms with E-state index < -0.39 is 0 Å². The monoisotopic (exact) mass is 340 g/mol. The maximum atomic E-state index is 12.0. The molecule has 0 saturated carbocycles. The van der Waals surface area contributed by atoms with E-state index in [1.54, 1.807) is 7.11 Å². The summed E-state index contributed by atoms with van der Waals surface area (Å²) >= 11 is 0. The molecule has 1 unspecified atom stereocenters. The number of carbonyl (C=O) groups is 1. The van der Waals surface area contributed by atoms with Crippen LogP contribution >= 0.6 is 0 Å². The number of ether oxygens (including phenoxy) is 1. The van der Waals surface area contributed by atoms with E-state index in [1.165, 1.54) is 5.56 Å². The lowest BCUT2D eigenvalue weighted by Gasteiger charge is -2.14. The van der Waals surface area contributed by atoms with Gasteiger partial charge in [-0.15, -0.1) is 0 Å². The summed E-state index contributed by atoms with van der Waals surface area (Å²) in [6.07, 6.45) is 1.15. The largest absolute Gasteiger partial charge is 0.497 e. The first-order valence-corrected chi connectivity index (χ1v) is 8.74. The van der Waals surface area contributed by atoms with Gasteiger partial charge in [0, 0.05) is 19.0 Å². The summed E-state index contributed by atoms with van der Waals surface area (Å²) in [4.78, 5) is 12.0. The Morgan fingerprint density at radius 1 is 1.04 bits per heavy atom. The molecular weight excluding hydrogens is 312 g/mol. The van der Waals surface area contributed by atoms with Gasteiger partial charge in [0.1, 0.15) is 5.75 Å². The van der Waals surface area contributed by atoms with E-state index in [1.807, 2.05) is 36.4 Å². The molecular formula is C21H28N2O2. The summed E-state index contributed by atoms with van der Waals surface area (Å²) in [5, 5.41) is 2.92. The van der Waals surface area contributed by atoms with Crippen LogP contribution in [0.2, 0.25) is 0 Å². The minimum absolute atomic E-state index is 0.0186. The van der Waals surface area contributed by atoms with Gasteiger partial charge in [0.15, 0.2) is 0 Å². The highest BCUT2D eigenvalue weighted by atomic mass is 16.5. The number of nitrogens with one attached hydrogen (secondary N) is 1. The highest BCUT2D eigenvalue weighted by Gasteiger charge is 2.09. The molecule has 1 atom stereocenters. The number of benzene rings is 2. The first kappa shape index (κ1) is 19.0. The fourth-order valence-electron chi connectivity index (χ4n) is 2.61. The van der Waals surface area contributed by atoms with Gasteiger partial charge in [-0.3, -0.25) is 4.79 Å². The van der Waals surface area contributed by atoms with Crippen LogP contribution in [0, 0.1) is 0 Å². The van der Waals surface area contributed by atoms with E-state index in [4.69, 9.17) is 10.5 Å². The third-order valence-electron chi connectivity index (χ3n) is 4.35. The van der Waals surface area contributed by atoms with Crippen molar-refractivity contribution in [3.8, 4) is 5.75 Å². The molecule has 2 aromatic carbocycles. The number of rotatable bonds is 8. The van der Waals surface area contributed by atoms with Crippen molar-refractivity contribution in [1.82, 2.24) is 5.32 Å². The first-order valence-electron chi connectivity index (χ1n) is 8.74. The Kier molecular flexibility index (Phi) is 7.02. The van der Waals surface area contributed by atoms with Gasteiger partial charge in [-0.2, -0.15) is 0 Å². The van der Waals surface area contributed by atoms with Gasteiger partial charge < -0.3 is 15.8 Å². The van der Waals surface area contributed by atoms with Gasteiger partial charge in [-0.25, -0.2) is 0 Å². The van der Waals surface area contributed by atoms with Gasteiger partial charge in [0.05, 0.1) is 7.11 Å². The van der Waals surface area contributed by atoms with E-state index in [0.717, 1.165) is 16.9 Å². The molecule has 0 spiro atoms. The van der Waals surface area contributed by atoms with Crippen molar-refractivity contribution in [3.05, 3.63) is 65.2 Å². The topological polar surface area (TPSA) is 64.3 Å². The third-order valence-corrected chi connectivity index (χ3v) is 4.35. The smallest absolute Gasteiger partial charge is 0.220 e. The second kappa shape index (κ2) is 9.23. The van der Waals surface area contributed by atoms with Crippen molar-refractivity contribution < 1.29 is 9.53 Å². The highest BCUT2D eigenvalue weighted by Crippen LogP contribution is 2.17. The third kappa shape index (κ3) is 5.91. The molecule has 0 aromatic heterocycles. The van der Waals surface area contributed by atoms with Gasteiger partial charge in [-0.05, 0) is 41.2 Å². The Hall–Kier alpha value is -2.33. The number of carbonyl (C=O) groups excluding carboxylic acids is 1. The van der Waals surface area contributed by atoms with Crippen LogP contribution in [-0.4, -0.2) is 19.6 Å². The lowest BCUT2D eigenvalue weighted by atomic mass is 9.99. The molecule has 0 bridgehead atoms. The molecule has 1 amide bonds. The molecule has 0 aliphatic heterocycles. The van der Waals surface area contributed by atoms with Crippen molar-refractivity contribution >= 4 is 5.91 Å². The molecule has 0 radical (unpaired) electrons. The lowest BCUT2D eigenvalue weighted by Crippen LogP contribution is -2.32. The number of methoxy groups -OCH3 is 1. The Morgan fingerprint density at radius 3 is 2.20 bits per heavy atom. The van der Waals surface area contributed by atoms with Crippen molar-refractivity contribution in [3.63, 3.8) is 0 Å². The Balaban J connectivity index is 1.76. The normalized spacial score (nSPS) is 12.0. The number of hydrogen-bond donors (Lipinski definition) is 2. The molecule has 0 heterocycles. The van der Waals surface area contributed by atoms with Crippen LogP contribution in [-0.2, 0) is 11.2 Å². The molecule has 2 aromatic rings. The first-order chi connectivity index (χ1) is 12.0. The predicted molar refractivity (Wildman–Crippen MR) is 102 cm³/mol. The summed E-state index contributed by atoms with van der Waals surface area (Å²) in [5.74, 6) is 1.34. The maximum Gasteiger partial charge on any atom is 0.220 e. The van der Waals surface area contributed by atoms with Crippen LogP contribution < -0.4 is 15.8 Å². The van der Waals surface area contributed by atoms with E-state index in [0.29, 0.717) is 25.3 Å². The van der Waals surface area contributed by atoms with Gasteiger partial charge in [-0.1, -0.05) is 50.2 Å². The minimum Gasteiger partial charge on any atom is -0.497 e. The van der Waals surface area contributed by atoms with Gasteiger partial charge in [0.25, 0.3) is 0 Å². The second-order valence-electron chi connectivity index (χ2n) is 6.58. The van der Waals surface area contributed by atoms with E-state index >= 15 is 0 Å². The van der Waals surface area contributed by atoms with Crippen LogP contribution in [0.3, 0.4) is 0 Å². The average Bonchev–Trinajstić information content (AvgIpc) is 2.64. The number of nitrogens with two attached hydrogens (primary N) is 1. The molecule has 0 fully saturated rings. The van der Waals surface area contributed by atoms with Crippen molar-refractivity contribution in [2.75, 3.05) is 13.7 Å². The molecule has 25 heavy (non-hydrogen) atoms. The van der Waals surface area contributed by atoms with Crippen LogP contribution in [0.25, 0.3) is 0 Å². The molecule has 0 saturated heterocycles. The molecule has 2 rings (SSSR count). The fourth-order valence-corrected chi connectivity index (χ4v) is 2.61. The fraction of sp³-hybridized carbons (Fsp3) is 0.381. The van der Waals surface area contributed by atoms with E-state index in [2.05, 4.69) is 31.3 Å². The quantitative estimate of drug-likeness (QED) is 0.772. The molecule has 0 aliphatic rings. The Bertz CT molecular complexity index is 663. The second-order valence-corrected chi connectivity index (χ2v) is 6.58. The molecule has 3 N–H and O–H groups in total. The minimum atomic E-state index is -0.189. The van der Waals surface area contributed by atoms with Crippen LogP contribution in [0.5, 0.6) is 5.75 Å². The number of hydrogen-bond acceptors (Lipinski definition) is 3. The van der Waals surface area contributed by atoms with Crippen LogP contribution in [0.1, 0.15) is 48.9 Å². The van der Waals surface area contributed by atoms with Crippen molar-refractivity contribution in [1.29, 1.82) is 0 Å². The summed E-state index contributed by atoms with van der Waals surface area (Å²) in [6, 6.07) is 15.9. The average molecular weight is 340 g/mol. The van der Waals surface area contributed by atoms with Gasteiger partial charge >= 0.3 is 0 Å². The van der Waals surface area contributed by atoms with Crippen molar-refractivity contribution in [2.45, 2.75) is 38.6 Å². The Labute approximate surface area is 150 Å². The van der Waals surface area contributed by atoms with Crippen LogP contribution in [0.4, 0.5) is 0 Å². The predicted octanol–water partition coefficient (Wildman–Crippen LogP) is 3.57. The van der Waals surface area contributed by atoms with E-state index in [9.17, 15) is 4.79 Å². The SMILES string of the molecule is COc1ccc(CCC(=O)NCC(N)c2ccc(C(C)C)cc2)cc1. The van der Waals surface area contributed by atoms with E-state index in [-0.39, 0.29) is 11.9 Å². The summed E-state index contributed by atoms with van der Waals surface area (Å²) in [5.41, 5.74) is 9.63. The zero-order valence-corrected chi connectivity index (χ0v) is 15.3. The molecule has 4 heteroatoms. The zero-order chi connectivity index (χ0) is 18.2. The van der Waals surface area contributed by atoms with Crippen LogP contribution in [0.15, 0.2) is 48.5 Å². The molecule has 134 valence electrons.